The highest BCUT2D eigenvalue weighted by molar-refractivity contribution is 6.34. The van der Waals surface area contributed by atoms with E-state index in [0.29, 0.717) is 26.9 Å². The quantitative estimate of drug-likeness (QED) is 0.213. The molecule has 3 aromatic carbocycles. The molecule has 2 amide bonds. The second kappa shape index (κ2) is 11.8. The SMILES string of the molecule is O=C(CCNC(=O)c1ccccc1Cl)N/N=C/c1ccc(OC(=O)c2ccccc2Cl)cc1. The molecule has 0 spiro atoms. The lowest BCUT2D eigenvalue weighted by atomic mass is 10.2. The number of nitrogens with one attached hydrogen (secondary N) is 2. The average molecular weight is 484 g/mol. The number of ether oxygens (including phenoxy) is 1. The van der Waals surface area contributed by atoms with Crippen LogP contribution in [0, 0.1) is 0 Å². The summed E-state index contributed by atoms with van der Waals surface area (Å²) >= 11 is 12.0. The van der Waals surface area contributed by atoms with Crippen LogP contribution in [0.5, 0.6) is 5.75 Å². The number of hydrogen-bond donors (Lipinski definition) is 2. The molecular formula is C24H19Cl2N3O4. The molecule has 9 heteroatoms. The van der Waals surface area contributed by atoms with Crippen molar-refractivity contribution in [2.24, 2.45) is 5.10 Å². The van der Waals surface area contributed by atoms with Crippen molar-refractivity contribution < 1.29 is 19.1 Å². The third-order valence-corrected chi connectivity index (χ3v) is 5.00. The zero-order valence-corrected chi connectivity index (χ0v) is 18.8. The molecule has 0 radical (unpaired) electrons. The molecule has 3 rings (SSSR count). The highest BCUT2D eigenvalue weighted by atomic mass is 35.5. The number of esters is 1. The van der Waals surface area contributed by atoms with Crippen molar-refractivity contribution in [3.8, 4) is 5.75 Å². The predicted molar refractivity (Wildman–Crippen MR) is 127 cm³/mol. The van der Waals surface area contributed by atoms with E-state index in [9.17, 15) is 14.4 Å². The van der Waals surface area contributed by atoms with Gasteiger partial charge in [0.1, 0.15) is 5.75 Å². The van der Waals surface area contributed by atoms with Gasteiger partial charge in [-0.05, 0) is 54.1 Å². The molecule has 33 heavy (non-hydrogen) atoms. The van der Waals surface area contributed by atoms with E-state index in [1.54, 1.807) is 72.8 Å². The lowest BCUT2D eigenvalue weighted by Crippen LogP contribution is -2.29. The Labute approximate surface area is 200 Å². The summed E-state index contributed by atoms with van der Waals surface area (Å²) in [6.45, 7) is 0.136. The van der Waals surface area contributed by atoms with Crippen LogP contribution in [0.25, 0.3) is 0 Å². The number of nitrogens with zero attached hydrogens (tertiary/aromatic N) is 1. The maximum atomic E-state index is 12.2. The van der Waals surface area contributed by atoms with Gasteiger partial charge in [-0.25, -0.2) is 10.2 Å². The number of carbonyl (C=O) groups is 3. The molecule has 7 nitrogen and oxygen atoms in total. The van der Waals surface area contributed by atoms with Gasteiger partial charge in [-0.15, -0.1) is 0 Å². The molecule has 3 aromatic rings. The molecule has 0 atom stereocenters. The molecule has 168 valence electrons. The van der Waals surface area contributed by atoms with Crippen molar-refractivity contribution in [2.45, 2.75) is 6.42 Å². The summed E-state index contributed by atoms with van der Waals surface area (Å²) in [5.74, 6) is -0.936. The van der Waals surface area contributed by atoms with Crippen LogP contribution in [0.15, 0.2) is 77.9 Å². The Morgan fingerprint density at radius 3 is 2.09 bits per heavy atom. The van der Waals surface area contributed by atoms with Gasteiger partial charge in [0, 0.05) is 13.0 Å². The summed E-state index contributed by atoms with van der Waals surface area (Å²) in [4.78, 5) is 36.1. The molecule has 0 aliphatic rings. The summed E-state index contributed by atoms with van der Waals surface area (Å²) in [6.07, 6.45) is 1.49. The van der Waals surface area contributed by atoms with Crippen LogP contribution in [-0.2, 0) is 4.79 Å². The lowest BCUT2D eigenvalue weighted by Gasteiger charge is -2.06. The molecule has 0 fully saturated rings. The summed E-state index contributed by atoms with van der Waals surface area (Å²) < 4.78 is 5.30. The van der Waals surface area contributed by atoms with Gasteiger partial charge in [0.05, 0.1) is 27.4 Å². The van der Waals surface area contributed by atoms with Crippen molar-refractivity contribution >= 4 is 47.2 Å². The molecule has 0 saturated heterocycles. The topological polar surface area (TPSA) is 96.9 Å². The Hall–Kier alpha value is -3.68. The first-order valence-corrected chi connectivity index (χ1v) is 10.6. The number of amides is 2. The third kappa shape index (κ3) is 7.17. The van der Waals surface area contributed by atoms with Crippen molar-refractivity contribution in [1.29, 1.82) is 0 Å². The fraction of sp³-hybridized carbons (Fsp3) is 0.0833. The minimum Gasteiger partial charge on any atom is -0.423 e. The van der Waals surface area contributed by atoms with Gasteiger partial charge >= 0.3 is 5.97 Å². The van der Waals surface area contributed by atoms with E-state index >= 15 is 0 Å². The van der Waals surface area contributed by atoms with E-state index in [1.165, 1.54) is 6.21 Å². The smallest absolute Gasteiger partial charge is 0.345 e. The molecule has 0 heterocycles. The average Bonchev–Trinajstić information content (AvgIpc) is 2.80. The van der Waals surface area contributed by atoms with Gasteiger partial charge in [-0.1, -0.05) is 47.5 Å². The van der Waals surface area contributed by atoms with E-state index in [4.69, 9.17) is 27.9 Å². The monoisotopic (exact) mass is 483 g/mol. The van der Waals surface area contributed by atoms with Crippen LogP contribution in [0.2, 0.25) is 10.0 Å². The maximum absolute atomic E-state index is 12.2. The van der Waals surface area contributed by atoms with E-state index in [1.807, 2.05) is 0 Å². The number of hydrazone groups is 1. The first-order chi connectivity index (χ1) is 15.9. The normalized spacial score (nSPS) is 10.6. The highest BCUT2D eigenvalue weighted by Crippen LogP contribution is 2.19. The van der Waals surface area contributed by atoms with Gasteiger partial charge in [-0.2, -0.15) is 5.10 Å². The first-order valence-electron chi connectivity index (χ1n) is 9.85. The Morgan fingerprint density at radius 1 is 0.848 bits per heavy atom. The first kappa shape index (κ1) is 24.0. The Balaban J connectivity index is 1.42. The third-order valence-electron chi connectivity index (χ3n) is 4.34. The fourth-order valence-electron chi connectivity index (χ4n) is 2.68. The maximum Gasteiger partial charge on any atom is 0.345 e. The minimum atomic E-state index is -0.559. The Kier molecular flexibility index (Phi) is 8.57. The Morgan fingerprint density at radius 2 is 1.45 bits per heavy atom. The number of halogens is 2. The second-order valence-corrected chi connectivity index (χ2v) is 7.53. The molecule has 0 aromatic heterocycles. The zero-order chi connectivity index (χ0) is 23.6. The van der Waals surface area contributed by atoms with E-state index in [-0.39, 0.29) is 30.3 Å². The number of benzene rings is 3. The summed E-state index contributed by atoms with van der Waals surface area (Å²) in [5.41, 5.74) is 3.68. The molecule has 0 saturated carbocycles. The minimum absolute atomic E-state index is 0.0461. The van der Waals surface area contributed by atoms with Crippen molar-refractivity contribution in [1.82, 2.24) is 10.7 Å². The Bertz CT molecular complexity index is 1180. The number of carbonyl (C=O) groups excluding carboxylic acids is 3. The van der Waals surface area contributed by atoms with Crippen LogP contribution in [0.4, 0.5) is 0 Å². The van der Waals surface area contributed by atoms with Crippen LogP contribution in [-0.4, -0.2) is 30.5 Å². The molecule has 0 aliphatic heterocycles. The number of hydrogen-bond acceptors (Lipinski definition) is 5. The van der Waals surface area contributed by atoms with Crippen LogP contribution < -0.4 is 15.5 Å². The predicted octanol–water partition coefficient (Wildman–Crippen LogP) is 4.48. The van der Waals surface area contributed by atoms with Gasteiger partial charge in [0.2, 0.25) is 5.91 Å². The van der Waals surface area contributed by atoms with Gasteiger partial charge in [0.25, 0.3) is 5.91 Å². The summed E-state index contributed by atoms with van der Waals surface area (Å²) in [7, 11) is 0. The molecule has 0 unspecified atom stereocenters. The second-order valence-electron chi connectivity index (χ2n) is 6.72. The van der Waals surface area contributed by atoms with Crippen LogP contribution in [0.3, 0.4) is 0 Å². The van der Waals surface area contributed by atoms with Crippen LogP contribution in [0.1, 0.15) is 32.7 Å². The van der Waals surface area contributed by atoms with Crippen molar-refractivity contribution in [2.75, 3.05) is 6.54 Å². The largest absolute Gasteiger partial charge is 0.423 e. The lowest BCUT2D eigenvalue weighted by molar-refractivity contribution is -0.120. The van der Waals surface area contributed by atoms with E-state index in [2.05, 4.69) is 15.8 Å². The van der Waals surface area contributed by atoms with Gasteiger partial charge in [-0.3, -0.25) is 9.59 Å². The van der Waals surface area contributed by atoms with Crippen LogP contribution >= 0.6 is 23.2 Å². The van der Waals surface area contributed by atoms with Gasteiger partial charge < -0.3 is 10.1 Å². The zero-order valence-electron chi connectivity index (χ0n) is 17.3. The standard InChI is InChI=1S/C24H19Cl2N3O4/c25-20-7-3-1-5-18(20)23(31)27-14-13-22(30)29-28-15-16-9-11-17(12-10-16)33-24(32)19-6-2-4-8-21(19)26/h1-12,15H,13-14H2,(H,27,31)(H,29,30)/b28-15+. The molecular weight excluding hydrogens is 465 g/mol. The summed E-state index contributed by atoms with van der Waals surface area (Å²) in [6, 6.07) is 19.8. The molecule has 0 aliphatic carbocycles. The fourth-order valence-corrected chi connectivity index (χ4v) is 3.11. The van der Waals surface area contributed by atoms with E-state index in [0.717, 1.165) is 0 Å². The van der Waals surface area contributed by atoms with Gasteiger partial charge in [0.15, 0.2) is 0 Å². The summed E-state index contributed by atoms with van der Waals surface area (Å²) in [5, 5.41) is 7.16. The number of rotatable bonds is 8. The van der Waals surface area contributed by atoms with Crippen molar-refractivity contribution in [3.05, 3.63) is 99.5 Å². The van der Waals surface area contributed by atoms with Crippen molar-refractivity contribution in [3.63, 3.8) is 0 Å². The van der Waals surface area contributed by atoms with E-state index < -0.39 is 5.97 Å². The molecule has 2 N–H and O–H groups in total. The molecule has 0 bridgehead atoms. The highest BCUT2D eigenvalue weighted by Gasteiger charge is 2.12.